The van der Waals surface area contributed by atoms with Gasteiger partial charge in [0.2, 0.25) is 0 Å². The SMILES string of the molecule is COc1c(N2CCC(C(N)c3c(F)cccc3F)C2)c(F)cn2c(=O)n(N)c(=O)c(C3CC3)c12. The third kappa shape index (κ3) is 3.33. The lowest BCUT2D eigenvalue weighted by Gasteiger charge is -2.25. The number of pyridine rings is 1. The first kappa shape index (κ1) is 22.3. The van der Waals surface area contributed by atoms with Gasteiger partial charge in [-0.2, -0.15) is 4.68 Å². The monoisotopic (exact) mass is 475 g/mol. The predicted octanol–water partition coefficient (Wildman–Crippen LogP) is 2.00. The zero-order chi connectivity index (χ0) is 24.3. The Bertz CT molecular complexity index is 1400. The van der Waals surface area contributed by atoms with E-state index in [0.29, 0.717) is 23.2 Å². The van der Waals surface area contributed by atoms with Crippen LogP contribution in [0.3, 0.4) is 0 Å². The molecule has 2 aliphatic rings. The van der Waals surface area contributed by atoms with Crippen LogP contribution in [0.2, 0.25) is 0 Å². The summed E-state index contributed by atoms with van der Waals surface area (Å²) < 4.78 is 51.0. The fraction of sp³-hybridized carbons (Fsp3) is 0.391. The molecule has 3 aromatic rings. The van der Waals surface area contributed by atoms with E-state index in [4.69, 9.17) is 16.3 Å². The van der Waals surface area contributed by atoms with Gasteiger partial charge in [0.15, 0.2) is 11.6 Å². The van der Waals surface area contributed by atoms with Crippen molar-refractivity contribution in [3.8, 4) is 5.75 Å². The molecule has 34 heavy (non-hydrogen) atoms. The summed E-state index contributed by atoms with van der Waals surface area (Å²) in [6.07, 6.45) is 2.94. The van der Waals surface area contributed by atoms with Crippen LogP contribution >= 0.6 is 0 Å². The second-order valence-corrected chi connectivity index (χ2v) is 8.88. The van der Waals surface area contributed by atoms with Gasteiger partial charge < -0.3 is 21.2 Å². The van der Waals surface area contributed by atoms with Crippen molar-refractivity contribution in [1.82, 2.24) is 9.08 Å². The van der Waals surface area contributed by atoms with Crippen LogP contribution in [-0.4, -0.2) is 29.3 Å². The number of anilines is 1. The lowest BCUT2D eigenvalue weighted by atomic mass is 9.92. The maximum Gasteiger partial charge on any atom is 0.354 e. The molecule has 8 nitrogen and oxygen atoms in total. The van der Waals surface area contributed by atoms with E-state index < -0.39 is 34.7 Å². The van der Waals surface area contributed by atoms with Crippen LogP contribution in [0.15, 0.2) is 34.0 Å². The number of benzene rings is 1. The Labute approximate surface area is 192 Å². The van der Waals surface area contributed by atoms with Gasteiger partial charge in [0.25, 0.3) is 5.56 Å². The second-order valence-electron chi connectivity index (χ2n) is 8.88. The lowest BCUT2D eigenvalue weighted by molar-refractivity contribution is 0.410. The van der Waals surface area contributed by atoms with Gasteiger partial charge in [-0.25, -0.2) is 18.0 Å². The summed E-state index contributed by atoms with van der Waals surface area (Å²) in [5.74, 6) is 3.03. The summed E-state index contributed by atoms with van der Waals surface area (Å²) in [4.78, 5) is 27.1. The highest BCUT2D eigenvalue weighted by molar-refractivity contribution is 5.78. The molecule has 2 atom stereocenters. The number of hydrogen-bond donors (Lipinski definition) is 2. The van der Waals surface area contributed by atoms with Crippen molar-refractivity contribution in [3.63, 3.8) is 0 Å². The summed E-state index contributed by atoms with van der Waals surface area (Å²) >= 11 is 0. The van der Waals surface area contributed by atoms with E-state index in [-0.39, 0.29) is 40.9 Å². The zero-order valence-corrected chi connectivity index (χ0v) is 18.4. The summed E-state index contributed by atoms with van der Waals surface area (Å²) in [6, 6.07) is 2.64. The lowest BCUT2D eigenvalue weighted by Crippen LogP contribution is -2.44. The number of halogens is 3. The molecule has 1 saturated heterocycles. The Kier molecular flexibility index (Phi) is 5.31. The molecule has 5 rings (SSSR count). The average Bonchev–Trinajstić information content (AvgIpc) is 3.52. The fourth-order valence-electron chi connectivity index (χ4n) is 4.98. The number of methoxy groups -OCH3 is 1. The highest BCUT2D eigenvalue weighted by Gasteiger charge is 2.37. The highest BCUT2D eigenvalue weighted by Crippen LogP contribution is 2.45. The van der Waals surface area contributed by atoms with Gasteiger partial charge in [-0.1, -0.05) is 6.07 Å². The molecule has 0 bridgehead atoms. The molecule has 1 aromatic carbocycles. The van der Waals surface area contributed by atoms with Crippen LogP contribution in [-0.2, 0) is 0 Å². The quantitative estimate of drug-likeness (QED) is 0.547. The minimum Gasteiger partial charge on any atom is -0.492 e. The molecule has 0 amide bonds. The molecular weight excluding hydrogens is 451 g/mol. The van der Waals surface area contributed by atoms with E-state index >= 15 is 4.39 Å². The molecule has 0 radical (unpaired) electrons. The largest absolute Gasteiger partial charge is 0.492 e. The van der Waals surface area contributed by atoms with Crippen molar-refractivity contribution in [2.45, 2.75) is 31.2 Å². The summed E-state index contributed by atoms with van der Waals surface area (Å²) in [7, 11) is 1.33. The van der Waals surface area contributed by atoms with Gasteiger partial charge in [0, 0.05) is 24.7 Å². The Morgan fingerprint density at radius 2 is 1.76 bits per heavy atom. The van der Waals surface area contributed by atoms with Crippen molar-refractivity contribution in [2.75, 3.05) is 30.9 Å². The van der Waals surface area contributed by atoms with Crippen molar-refractivity contribution >= 4 is 11.2 Å². The summed E-state index contributed by atoms with van der Waals surface area (Å²) in [5.41, 5.74) is 5.07. The molecule has 180 valence electrons. The molecule has 4 N–H and O–H groups in total. The number of aromatic nitrogens is 2. The van der Waals surface area contributed by atoms with Crippen LogP contribution in [0.25, 0.3) is 5.52 Å². The van der Waals surface area contributed by atoms with Crippen molar-refractivity contribution < 1.29 is 17.9 Å². The minimum absolute atomic E-state index is 0.0444. The van der Waals surface area contributed by atoms with E-state index in [9.17, 15) is 18.4 Å². The number of nitrogens with two attached hydrogens (primary N) is 2. The molecule has 3 heterocycles. The number of fused-ring (bicyclic) bond motifs is 1. The fourth-order valence-corrected chi connectivity index (χ4v) is 4.98. The van der Waals surface area contributed by atoms with Gasteiger partial charge in [-0.05, 0) is 43.2 Å². The van der Waals surface area contributed by atoms with Gasteiger partial charge in [0.1, 0.15) is 22.8 Å². The standard InChI is InChI=1S/C23H24F3N5O3/c1-34-21-19(29-8-7-12(9-29)18(27)17-13(24)3-2-4-14(17)25)15(26)10-30-20(21)16(11-5-6-11)22(32)31(28)23(30)33/h2-4,10-12,18H,5-9,27-28H2,1H3. The predicted molar refractivity (Wildman–Crippen MR) is 120 cm³/mol. The van der Waals surface area contributed by atoms with E-state index in [1.54, 1.807) is 4.90 Å². The molecular formula is C23H24F3N5O3. The Morgan fingerprint density at radius 1 is 1.09 bits per heavy atom. The number of hydrogen-bond acceptors (Lipinski definition) is 6. The normalized spacial score (nSPS) is 19.1. The van der Waals surface area contributed by atoms with E-state index in [1.807, 2.05) is 0 Å². The van der Waals surface area contributed by atoms with Crippen molar-refractivity contribution in [1.29, 1.82) is 0 Å². The molecule has 1 aliphatic heterocycles. The topological polar surface area (TPSA) is 108 Å². The van der Waals surface area contributed by atoms with Crippen LogP contribution in [0.5, 0.6) is 5.75 Å². The third-order valence-corrected chi connectivity index (χ3v) is 6.83. The summed E-state index contributed by atoms with van der Waals surface area (Å²) in [5, 5.41) is 0. The number of rotatable bonds is 5. The first-order valence-electron chi connectivity index (χ1n) is 11.0. The Morgan fingerprint density at radius 3 is 2.38 bits per heavy atom. The minimum atomic E-state index is -0.935. The third-order valence-electron chi connectivity index (χ3n) is 6.83. The van der Waals surface area contributed by atoms with E-state index in [1.165, 1.54) is 13.2 Å². The van der Waals surface area contributed by atoms with E-state index in [2.05, 4.69) is 0 Å². The van der Waals surface area contributed by atoms with Gasteiger partial charge >= 0.3 is 5.69 Å². The van der Waals surface area contributed by atoms with Crippen molar-refractivity contribution in [3.05, 3.63) is 73.8 Å². The second kappa shape index (κ2) is 8.08. The highest BCUT2D eigenvalue weighted by atomic mass is 19.1. The Balaban J connectivity index is 1.61. The zero-order valence-electron chi connectivity index (χ0n) is 18.4. The number of ether oxygens (including phenoxy) is 1. The maximum absolute atomic E-state index is 15.4. The maximum atomic E-state index is 15.4. The molecule has 2 fully saturated rings. The molecule has 0 spiro atoms. The average molecular weight is 475 g/mol. The van der Waals surface area contributed by atoms with Crippen LogP contribution in [0.4, 0.5) is 18.9 Å². The molecule has 1 saturated carbocycles. The summed E-state index contributed by atoms with van der Waals surface area (Å²) in [6.45, 7) is 0.546. The number of nitrogen functional groups attached to an aromatic ring is 1. The Hall–Kier alpha value is -3.47. The van der Waals surface area contributed by atoms with Crippen LogP contribution in [0.1, 0.15) is 42.3 Å². The van der Waals surface area contributed by atoms with Crippen LogP contribution < -0.4 is 32.5 Å². The first-order valence-corrected chi connectivity index (χ1v) is 11.0. The van der Waals surface area contributed by atoms with Gasteiger partial charge in [-0.3, -0.25) is 9.20 Å². The molecule has 11 heteroatoms. The van der Waals surface area contributed by atoms with Gasteiger partial charge in [0.05, 0.1) is 18.9 Å². The van der Waals surface area contributed by atoms with Gasteiger partial charge in [-0.15, -0.1) is 0 Å². The first-order chi connectivity index (χ1) is 16.2. The van der Waals surface area contributed by atoms with E-state index in [0.717, 1.165) is 35.6 Å². The molecule has 2 unspecified atom stereocenters. The van der Waals surface area contributed by atoms with Crippen molar-refractivity contribution in [2.24, 2.45) is 11.7 Å². The molecule has 1 aliphatic carbocycles. The molecule has 2 aromatic heterocycles. The number of nitrogens with zero attached hydrogens (tertiary/aromatic N) is 3. The smallest absolute Gasteiger partial charge is 0.354 e. The van der Waals surface area contributed by atoms with Crippen LogP contribution in [0, 0.1) is 23.4 Å².